The van der Waals surface area contributed by atoms with Gasteiger partial charge in [-0.1, -0.05) is 41.9 Å². The van der Waals surface area contributed by atoms with E-state index >= 15 is 0 Å². The van der Waals surface area contributed by atoms with Gasteiger partial charge >= 0.3 is 0 Å². The first-order valence-electron chi connectivity index (χ1n) is 4.07. The minimum atomic E-state index is -0.0429. The molecule has 0 saturated heterocycles. The summed E-state index contributed by atoms with van der Waals surface area (Å²) >= 11 is 5.82. The molecule has 0 aliphatic carbocycles. The lowest BCUT2D eigenvalue weighted by Gasteiger charge is -2.17. The van der Waals surface area contributed by atoms with Crippen molar-refractivity contribution in [2.45, 2.75) is 6.17 Å². The molecule has 1 N–H and O–H groups in total. The number of hydrogen-bond donors (Lipinski definition) is 1. The van der Waals surface area contributed by atoms with E-state index in [2.05, 4.69) is 10.3 Å². The van der Waals surface area contributed by atoms with Crippen LogP contribution in [0.25, 0.3) is 0 Å². The maximum atomic E-state index is 5.82. The van der Waals surface area contributed by atoms with Gasteiger partial charge in [0.1, 0.15) is 11.3 Å². The van der Waals surface area contributed by atoms with Crippen LogP contribution in [0.4, 0.5) is 0 Å². The number of benzene rings is 1. The highest BCUT2D eigenvalue weighted by Gasteiger charge is 2.10. The van der Waals surface area contributed by atoms with Crippen molar-refractivity contribution in [2.75, 3.05) is 0 Å². The quantitative estimate of drug-likeness (QED) is 0.680. The highest BCUT2D eigenvalue weighted by molar-refractivity contribution is 6.30. The van der Waals surface area contributed by atoms with Crippen LogP contribution in [-0.4, -0.2) is 6.21 Å². The standard InChI is InChI=1S/C10H9ClN2/c11-9-6-7-12-10(13-9)8-4-2-1-3-5-8/h1-7,10,13H. The first-order chi connectivity index (χ1) is 6.36. The van der Waals surface area contributed by atoms with Crippen LogP contribution in [0.5, 0.6) is 0 Å². The number of hydrogen-bond acceptors (Lipinski definition) is 2. The molecule has 2 rings (SSSR count). The Labute approximate surface area is 81.9 Å². The Bertz CT molecular complexity index is 343. The SMILES string of the molecule is ClC1=CC=NC(c2ccccc2)N1. The fraction of sp³-hybridized carbons (Fsp3) is 0.100. The summed E-state index contributed by atoms with van der Waals surface area (Å²) in [5, 5.41) is 3.69. The molecule has 1 aromatic rings. The fourth-order valence-electron chi connectivity index (χ4n) is 1.22. The van der Waals surface area contributed by atoms with E-state index in [1.54, 1.807) is 12.3 Å². The van der Waals surface area contributed by atoms with Crippen molar-refractivity contribution in [3.63, 3.8) is 0 Å². The summed E-state index contributed by atoms with van der Waals surface area (Å²) in [6.45, 7) is 0. The lowest BCUT2D eigenvalue weighted by atomic mass is 10.2. The van der Waals surface area contributed by atoms with Crippen LogP contribution in [0, 0.1) is 0 Å². The van der Waals surface area contributed by atoms with Crippen LogP contribution < -0.4 is 5.32 Å². The molecule has 1 atom stereocenters. The van der Waals surface area contributed by atoms with E-state index in [1.807, 2.05) is 30.3 Å². The monoisotopic (exact) mass is 192 g/mol. The van der Waals surface area contributed by atoms with Crippen molar-refractivity contribution in [3.05, 3.63) is 47.1 Å². The van der Waals surface area contributed by atoms with Gasteiger partial charge in [-0.25, -0.2) is 0 Å². The first-order valence-corrected chi connectivity index (χ1v) is 4.44. The summed E-state index contributed by atoms with van der Waals surface area (Å²) in [4.78, 5) is 4.25. The molecular formula is C10H9ClN2. The van der Waals surface area contributed by atoms with E-state index in [0.717, 1.165) is 5.56 Å². The molecule has 1 aromatic carbocycles. The van der Waals surface area contributed by atoms with Gasteiger partial charge in [-0.05, 0) is 11.6 Å². The van der Waals surface area contributed by atoms with Crippen LogP contribution in [0.3, 0.4) is 0 Å². The Hall–Kier alpha value is -1.28. The van der Waals surface area contributed by atoms with Gasteiger partial charge in [0.05, 0.1) is 0 Å². The molecule has 3 heteroatoms. The van der Waals surface area contributed by atoms with Gasteiger partial charge < -0.3 is 5.32 Å². The van der Waals surface area contributed by atoms with Gasteiger partial charge in [-0.15, -0.1) is 0 Å². The van der Waals surface area contributed by atoms with Crippen LogP contribution >= 0.6 is 11.6 Å². The lowest BCUT2D eigenvalue weighted by molar-refractivity contribution is 0.644. The number of aliphatic imine (C=N–C) groups is 1. The Balaban J connectivity index is 2.21. The van der Waals surface area contributed by atoms with Crippen molar-refractivity contribution in [1.29, 1.82) is 0 Å². The molecule has 0 amide bonds. The predicted octanol–water partition coefficient (Wildman–Crippen LogP) is 2.44. The lowest BCUT2D eigenvalue weighted by Crippen LogP contribution is -2.19. The van der Waals surface area contributed by atoms with Crippen molar-refractivity contribution in [3.8, 4) is 0 Å². The third-order valence-electron chi connectivity index (χ3n) is 1.85. The summed E-state index contributed by atoms with van der Waals surface area (Å²) in [6.07, 6.45) is 3.41. The normalized spacial score (nSPS) is 20.7. The molecule has 2 nitrogen and oxygen atoms in total. The maximum Gasteiger partial charge on any atom is 0.145 e. The zero-order chi connectivity index (χ0) is 9.10. The van der Waals surface area contributed by atoms with E-state index in [-0.39, 0.29) is 6.17 Å². The minimum Gasteiger partial charge on any atom is -0.351 e. The predicted molar refractivity (Wildman–Crippen MR) is 54.7 cm³/mol. The smallest absolute Gasteiger partial charge is 0.145 e. The van der Waals surface area contributed by atoms with E-state index in [1.165, 1.54) is 0 Å². The van der Waals surface area contributed by atoms with Crippen LogP contribution in [0.1, 0.15) is 11.7 Å². The molecule has 0 spiro atoms. The highest BCUT2D eigenvalue weighted by atomic mass is 35.5. The summed E-state index contributed by atoms with van der Waals surface area (Å²) in [5.41, 5.74) is 1.12. The summed E-state index contributed by atoms with van der Waals surface area (Å²) in [5.74, 6) is 0. The van der Waals surface area contributed by atoms with E-state index in [9.17, 15) is 0 Å². The molecule has 0 aromatic heterocycles. The van der Waals surface area contributed by atoms with Gasteiger partial charge in [-0.2, -0.15) is 0 Å². The fourth-order valence-corrected chi connectivity index (χ4v) is 1.37. The topological polar surface area (TPSA) is 24.4 Å². The maximum absolute atomic E-state index is 5.82. The zero-order valence-electron chi connectivity index (χ0n) is 6.94. The summed E-state index contributed by atoms with van der Waals surface area (Å²) < 4.78 is 0. The molecule has 1 unspecified atom stereocenters. The number of halogens is 1. The Morgan fingerprint density at radius 3 is 2.69 bits per heavy atom. The molecule has 0 saturated carbocycles. The number of nitrogens with one attached hydrogen (secondary N) is 1. The second kappa shape index (κ2) is 3.62. The highest BCUT2D eigenvalue weighted by Crippen LogP contribution is 2.18. The van der Waals surface area contributed by atoms with Crippen LogP contribution in [0.15, 0.2) is 46.6 Å². The van der Waals surface area contributed by atoms with E-state index < -0.39 is 0 Å². The van der Waals surface area contributed by atoms with Crippen molar-refractivity contribution >= 4 is 17.8 Å². The van der Waals surface area contributed by atoms with Gasteiger partial charge in [0.2, 0.25) is 0 Å². The van der Waals surface area contributed by atoms with Crippen molar-refractivity contribution in [1.82, 2.24) is 5.32 Å². The second-order valence-electron chi connectivity index (χ2n) is 2.77. The van der Waals surface area contributed by atoms with E-state index in [0.29, 0.717) is 5.16 Å². The average molecular weight is 193 g/mol. The van der Waals surface area contributed by atoms with Gasteiger partial charge in [0, 0.05) is 6.21 Å². The molecule has 0 radical (unpaired) electrons. The molecule has 1 aliphatic rings. The molecular weight excluding hydrogens is 184 g/mol. The zero-order valence-corrected chi connectivity index (χ0v) is 7.70. The Morgan fingerprint density at radius 2 is 2.00 bits per heavy atom. The second-order valence-corrected chi connectivity index (χ2v) is 3.18. The first kappa shape index (κ1) is 8.32. The largest absolute Gasteiger partial charge is 0.351 e. The van der Waals surface area contributed by atoms with Crippen LogP contribution in [0.2, 0.25) is 0 Å². The molecule has 0 fully saturated rings. The summed E-state index contributed by atoms with van der Waals surface area (Å²) in [7, 11) is 0. The number of allylic oxidation sites excluding steroid dienone is 1. The van der Waals surface area contributed by atoms with E-state index in [4.69, 9.17) is 11.6 Å². The Morgan fingerprint density at radius 1 is 1.23 bits per heavy atom. The third kappa shape index (κ3) is 1.90. The van der Waals surface area contributed by atoms with Crippen molar-refractivity contribution < 1.29 is 0 Å². The molecule has 0 bridgehead atoms. The molecule has 1 aliphatic heterocycles. The average Bonchev–Trinajstić information content (AvgIpc) is 2.19. The third-order valence-corrected chi connectivity index (χ3v) is 2.08. The minimum absolute atomic E-state index is 0.0429. The molecule has 66 valence electrons. The number of rotatable bonds is 1. The van der Waals surface area contributed by atoms with Gasteiger partial charge in [0.25, 0.3) is 0 Å². The number of nitrogens with zero attached hydrogens (tertiary/aromatic N) is 1. The molecule has 13 heavy (non-hydrogen) atoms. The summed E-state index contributed by atoms with van der Waals surface area (Å²) in [6, 6.07) is 9.99. The Kier molecular flexibility index (Phi) is 2.32. The van der Waals surface area contributed by atoms with Gasteiger partial charge in [-0.3, -0.25) is 4.99 Å². The van der Waals surface area contributed by atoms with Crippen LogP contribution in [-0.2, 0) is 0 Å². The van der Waals surface area contributed by atoms with Gasteiger partial charge in [0.15, 0.2) is 0 Å². The van der Waals surface area contributed by atoms with Crippen molar-refractivity contribution in [2.24, 2.45) is 4.99 Å². The molecule has 1 heterocycles.